The summed E-state index contributed by atoms with van der Waals surface area (Å²) < 4.78 is 4.84. The minimum atomic E-state index is -0.316. The molecule has 1 heterocycles. The largest absolute Gasteiger partial charge is 0.465 e. The SMILES string of the molecule is CCOC(=O)CNC(=S)c1cccc2ncccc12. The molecule has 0 amide bonds. The Bertz CT molecular complexity index is 608. The molecule has 0 saturated carbocycles. The van der Waals surface area contributed by atoms with Crippen LogP contribution in [0.15, 0.2) is 36.5 Å². The Kier molecular flexibility index (Phi) is 4.41. The number of carbonyl (C=O) groups excluding carboxylic acids is 1. The van der Waals surface area contributed by atoms with Gasteiger partial charge in [-0.3, -0.25) is 9.78 Å². The third-order valence-electron chi connectivity index (χ3n) is 2.59. The van der Waals surface area contributed by atoms with Crippen molar-refractivity contribution in [1.82, 2.24) is 10.3 Å². The molecular weight excluding hydrogens is 260 g/mol. The number of hydrogen-bond acceptors (Lipinski definition) is 4. The number of ether oxygens (including phenoxy) is 1. The van der Waals surface area contributed by atoms with Gasteiger partial charge in [0.1, 0.15) is 11.5 Å². The van der Waals surface area contributed by atoms with Gasteiger partial charge in [0, 0.05) is 17.1 Å². The first-order valence-corrected chi connectivity index (χ1v) is 6.40. The van der Waals surface area contributed by atoms with E-state index in [1.54, 1.807) is 13.1 Å². The van der Waals surface area contributed by atoms with E-state index in [2.05, 4.69) is 10.3 Å². The van der Waals surface area contributed by atoms with E-state index in [1.165, 1.54) is 0 Å². The molecule has 0 aliphatic heterocycles. The standard InChI is InChI=1S/C14H14N2O2S/c1-2-18-13(17)9-16-14(19)11-5-3-7-12-10(11)6-4-8-15-12/h3-8H,2,9H2,1H3,(H,16,19). The maximum absolute atomic E-state index is 11.3. The van der Waals surface area contributed by atoms with E-state index < -0.39 is 0 Å². The van der Waals surface area contributed by atoms with Crippen molar-refractivity contribution in [3.05, 3.63) is 42.1 Å². The van der Waals surface area contributed by atoms with Gasteiger partial charge in [-0.05, 0) is 19.1 Å². The average Bonchev–Trinajstić information content (AvgIpc) is 2.44. The summed E-state index contributed by atoms with van der Waals surface area (Å²) in [6.45, 7) is 2.21. The zero-order valence-electron chi connectivity index (χ0n) is 10.6. The summed E-state index contributed by atoms with van der Waals surface area (Å²) in [7, 11) is 0. The molecule has 0 aliphatic rings. The van der Waals surface area contributed by atoms with E-state index in [4.69, 9.17) is 17.0 Å². The van der Waals surface area contributed by atoms with Gasteiger partial charge < -0.3 is 10.1 Å². The third kappa shape index (κ3) is 3.26. The molecule has 5 heteroatoms. The normalized spacial score (nSPS) is 10.2. The van der Waals surface area contributed by atoms with E-state index in [-0.39, 0.29) is 12.5 Å². The second kappa shape index (κ2) is 6.24. The van der Waals surface area contributed by atoms with Crippen LogP contribution in [0.5, 0.6) is 0 Å². The Hall–Kier alpha value is -2.01. The molecule has 0 atom stereocenters. The van der Waals surface area contributed by atoms with Crippen LogP contribution in [0.2, 0.25) is 0 Å². The van der Waals surface area contributed by atoms with Crippen LogP contribution in [0, 0.1) is 0 Å². The molecule has 98 valence electrons. The number of benzene rings is 1. The van der Waals surface area contributed by atoms with E-state index in [0.717, 1.165) is 16.5 Å². The molecule has 0 spiro atoms. The number of fused-ring (bicyclic) bond motifs is 1. The fourth-order valence-electron chi connectivity index (χ4n) is 1.76. The van der Waals surface area contributed by atoms with Crippen molar-refractivity contribution < 1.29 is 9.53 Å². The molecule has 1 aromatic heterocycles. The van der Waals surface area contributed by atoms with E-state index in [9.17, 15) is 4.79 Å². The maximum atomic E-state index is 11.3. The minimum Gasteiger partial charge on any atom is -0.465 e. The van der Waals surface area contributed by atoms with Gasteiger partial charge in [-0.1, -0.05) is 30.4 Å². The highest BCUT2D eigenvalue weighted by atomic mass is 32.1. The van der Waals surface area contributed by atoms with Crippen molar-refractivity contribution >= 4 is 34.1 Å². The molecule has 0 radical (unpaired) electrons. The summed E-state index contributed by atoms with van der Waals surface area (Å²) in [6, 6.07) is 9.54. The number of esters is 1. The zero-order chi connectivity index (χ0) is 13.7. The van der Waals surface area contributed by atoms with Crippen molar-refractivity contribution in [3.8, 4) is 0 Å². The third-order valence-corrected chi connectivity index (χ3v) is 2.95. The van der Waals surface area contributed by atoms with Crippen molar-refractivity contribution in [3.63, 3.8) is 0 Å². The molecule has 19 heavy (non-hydrogen) atoms. The van der Waals surface area contributed by atoms with Gasteiger partial charge in [0.05, 0.1) is 12.1 Å². The fraction of sp³-hybridized carbons (Fsp3) is 0.214. The Labute approximate surface area is 116 Å². The first-order chi connectivity index (χ1) is 9.22. The highest BCUT2D eigenvalue weighted by Crippen LogP contribution is 2.16. The van der Waals surface area contributed by atoms with Gasteiger partial charge in [-0.25, -0.2) is 0 Å². The van der Waals surface area contributed by atoms with Crippen molar-refractivity contribution in [2.75, 3.05) is 13.2 Å². The number of thiocarbonyl (C=S) groups is 1. The first kappa shape index (κ1) is 13.4. The lowest BCUT2D eigenvalue weighted by Crippen LogP contribution is -2.30. The smallest absolute Gasteiger partial charge is 0.325 e. The number of pyridine rings is 1. The second-order valence-corrected chi connectivity index (χ2v) is 4.27. The lowest BCUT2D eigenvalue weighted by atomic mass is 10.1. The fourth-order valence-corrected chi connectivity index (χ4v) is 2.01. The Balaban J connectivity index is 2.15. The summed E-state index contributed by atoms with van der Waals surface area (Å²) in [5.74, 6) is -0.316. The van der Waals surface area contributed by atoms with E-state index >= 15 is 0 Å². The van der Waals surface area contributed by atoms with Crippen LogP contribution >= 0.6 is 12.2 Å². The van der Waals surface area contributed by atoms with Gasteiger partial charge in [-0.15, -0.1) is 0 Å². The van der Waals surface area contributed by atoms with Crippen LogP contribution in [-0.2, 0) is 9.53 Å². The lowest BCUT2D eigenvalue weighted by molar-refractivity contribution is -0.141. The van der Waals surface area contributed by atoms with Crippen LogP contribution in [0.3, 0.4) is 0 Å². The summed E-state index contributed by atoms with van der Waals surface area (Å²) in [5, 5.41) is 3.87. The summed E-state index contributed by atoms with van der Waals surface area (Å²) >= 11 is 5.30. The van der Waals surface area contributed by atoms with Gasteiger partial charge in [0.2, 0.25) is 0 Å². The van der Waals surface area contributed by atoms with Gasteiger partial charge in [0.25, 0.3) is 0 Å². The van der Waals surface area contributed by atoms with Crippen LogP contribution in [-0.4, -0.2) is 29.1 Å². The number of nitrogens with one attached hydrogen (secondary N) is 1. The highest BCUT2D eigenvalue weighted by molar-refractivity contribution is 7.80. The second-order valence-electron chi connectivity index (χ2n) is 3.86. The predicted octanol–water partition coefficient (Wildman–Crippen LogP) is 2.06. The van der Waals surface area contributed by atoms with Crippen molar-refractivity contribution in [1.29, 1.82) is 0 Å². The molecule has 0 fully saturated rings. The molecule has 0 aliphatic carbocycles. The minimum absolute atomic E-state index is 0.0727. The summed E-state index contributed by atoms with van der Waals surface area (Å²) in [5.41, 5.74) is 1.74. The van der Waals surface area contributed by atoms with Crippen LogP contribution < -0.4 is 5.32 Å². The van der Waals surface area contributed by atoms with Gasteiger partial charge in [0.15, 0.2) is 0 Å². The first-order valence-electron chi connectivity index (χ1n) is 6.00. The van der Waals surface area contributed by atoms with E-state index in [1.807, 2.05) is 30.3 Å². The molecule has 1 aromatic carbocycles. The Morgan fingerprint density at radius 2 is 2.21 bits per heavy atom. The van der Waals surface area contributed by atoms with Crippen LogP contribution in [0.25, 0.3) is 10.9 Å². The van der Waals surface area contributed by atoms with Crippen LogP contribution in [0.1, 0.15) is 12.5 Å². The molecule has 2 aromatic rings. The number of carbonyl (C=O) groups is 1. The van der Waals surface area contributed by atoms with Crippen LogP contribution in [0.4, 0.5) is 0 Å². The van der Waals surface area contributed by atoms with Gasteiger partial charge in [-0.2, -0.15) is 0 Å². The Morgan fingerprint density at radius 3 is 3.00 bits per heavy atom. The molecule has 0 unspecified atom stereocenters. The molecule has 1 N–H and O–H groups in total. The molecule has 2 rings (SSSR count). The van der Waals surface area contributed by atoms with Crippen molar-refractivity contribution in [2.24, 2.45) is 0 Å². The van der Waals surface area contributed by atoms with Crippen molar-refractivity contribution in [2.45, 2.75) is 6.92 Å². The molecule has 4 nitrogen and oxygen atoms in total. The topological polar surface area (TPSA) is 51.2 Å². The summed E-state index contributed by atoms with van der Waals surface area (Å²) in [6.07, 6.45) is 1.74. The number of hydrogen-bond donors (Lipinski definition) is 1. The van der Waals surface area contributed by atoms with Gasteiger partial charge >= 0.3 is 5.97 Å². The molecular formula is C14H14N2O2S. The average molecular weight is 274 g/mol. The monoisotopic (exact) mass is 274 g/mol. The lowest BCUT2D eigenvalue weighted by Gasteiger charge is -2.09. The Morgan fingerprint density at radius 1 is 1.37 bits per heavy atom. The summed E-state index contributed by atoms with van der Waals surface area (Å²) in [4.78, 5) is 16.1. The number of nitrogens with zero attached hydrogens (tertiary/aromatic N) is 1. The maximum Gasteiger partial charge on any atom is 0.325 e. The zero-order valence-corrected chi connectivity index (χ0v) is 11.4. The predicted molar refractivity (Wildman–Crippen MR) is 78.1 cm³/mol. The van der Waals surface area contributed by atoms with E-state index in [0.29, 0.717) is 11.6 Å². The molecule has 0 bridgehead atoms. The quantitative estimate of drug-likeness (QED) is 0.683. The molecule has 0 saturated heterocycles. The number of rotatable bonds is 4. The number of aromatic nitrogens is 1. The highest BCUT2D eigenvalue weighted by Gasteiger charge is 2.08.